The highest BCUT2D eigenvalue weighted by atomic mass is 79.9. The van der Waals surface area contributed by atoms with Gasteiger partial charge >= 0.3 is 0 Å². The minimum atomic E-state index is -0.0687. The number of aromatic amines is 1. The number of fused-ring (bicyclic) bond motifs is 2. The molecule has 124 valence electrons. The predicted molar refractivity (Wildman–Crippen MR) is 99.4 cm³/mol. The van der Waals surface area contributed by atoms with E-state index in [1.54, 1.807) is 7.11 Å². The monoisotopic (exact) mass is 386 g/mol. The average molecular weight is 387 g/mol. The van der Waals surface area contributed by atoms with E-state index in [4.69, 9.17) is 4.74 Å². The lowest BCUT2D eigenvalue weighted by molar-refractivity contribution is -0.110. The molecule has 2 aliphatic rings. The van der Waals surface area contributed by atoms with Crippen LogP contribution < -0.4 is 10.1 Å². The number of H-pyrrole nitrogens is 1. The first-order valence-corrected chi connectivity index (χ1v) is 8.99. The van der Waals surface area contributed by atoms with Gasteiger partial charge in [-0.15, -0.1) is 0 Å². The van der Waals surface area contributed by atoms with Gasteiger partial charge < -0.3 is 15.0 Å². The molecule has 0 saturated carbocycles. The topological polar surface area (TPSA) is 54.1 Å². The number of rotatable bonds is 2. The lowest BCUT2D eigenvalue weighted by Crippen LogP contribution is -2.03. The van der Waals surface area contributed by atoms with Gasteiger partial charge in [0.15, 0.2) is 0 Å². The molecule has 0 spiro atoms. The molecule has 24 heavy (non-hydrogen) atoms. The van der Waals surface area contributed by atoms with E-state index in [0.717, 1.165) is 45.6 Å². The Morgan fingerprint density at radius 1 is 1.25 bits per heavy atom. The van der Waals surface area contributed by atoms with Gasteiger partial charge in [0.25, 0.3) is 5.91 Å². The molecule has 2 aromatic rings. The molecule has 0 unspecified atom stereocenters. The fourth-order valence-corrected chi connectivity index (χ4v) is 4.06. The number of methoxy groups -OCH3 is 1. The molecule has 1 aliphatic carbocycles. The van der Waals surface area contributed by atoms with Crippen molar-refractivity contribution in [2.45, 2.75) is 32.6 Å². The van der Waals surface area contributed by atoms with Gasteiger partial charge in [-0.05, 0) is 56.4 Å². The Balaban J connectivity index is 1.88. The van der Waals surface area contributed by atoms with E-state index in [1.165, 1.54) is 24.1 Å². The summed E-state index contributed by atoms with van der Waals surface area (Å²) in [6, 6.07) is 3.90. The van der Waals surface area contributed by atoms with Crippen LogP contribution in [0.2, 0.25) is 0 Å². The number of hydrogen-bond acceptors (Lipinski definition) is 2. The van der Waals surface area contributed by atoms with E-state index in [2.05, 4.69) is 26.2 Å². The molecule has 2 N–H and O–H groups in total. The number of halogens is 1. The maximum Gasteiger partial charge on any atom is 0.256 e. The van der Waals surface area contributed by atoms with Crippen LogP contribution in [0.3, 0.4) is 0 Å². The van der Waals surface area contributed by atoms with E-state index in [9.17, 15) is 4.79 Å². The average Bonchev–Trinajstić information content (AvgIpc) is 3.09. The van der Waals surface area contributed by atoms with Crippen molar-refractivity contribution in [3.63, 3.8) is 0 Å². The minimum absolute atomic E-state index is 0.0687. The molecule has 1 amide bonds. The number of amides is 1. The molecule has 2 heterocycles. The quantitative estimate of drug-likeness (QED) is 0.748. The van der Waals surface area contributed by atoms with Crippen LogP contribution in [0.1, 0.15) is 40.9 Å². The second-order valence-corrected chi connectivity index (χ2v) is 7.20. The highest BCUT2D eigenvalue weighted by molar-refractivity contribution is 9.10. The summed E-state index contributed by atoms with van der Waals surface area (Å²) >= 11 is 3.56. The van der Waals surface area contributed by atoms with Crippen molar-refractivity contribution in [2.24, 2.45) is 0 Å². The highest BCUT2D eigenvalue weighted by Gasteiger charge is 2.28. The summed E-state index contributed by atoms with van der Waals surface area (Å²) in [7, 11) is 1.70. The van der Waals surface area contributed by atoms with Crippen molar-refractivity contribution in [3.05, 3.63) is 44.7 Å². The molecule has 5 heteroatoms. The number of aryl methyl sites for hydroxylation is 1. The smallest absolute Gasteiger partial charge is 0.256 e. The molecule has 0 atom stereocenters. The molecular weight excluding hydrogens is 368 g/mol. The van der Waals surface area contributed by atoms with Gasteiger partial charge in [-0.2, -0.15) is 0 Å². The fourth-order valence-electron chi connectivity index (χ4n) is 3.73. The third-order valence-electron chi connectivity index (χ3n) is 4.93. The van der Waals surface area contributed by atoms with Gasteiger partial charge in [0.05, 0.1) is 18.4 Å². The number of benzene rings is 1. The van der Waals surface area contributed by atoms with Gasteiger partial charge in [-0.25, -0.2) is 0 Å². The molecule has 0 radical (unpaired) electrons. The Hall–Kier alpha value is -2.01. The van der Waals surface area contributed by atoms with Gasteiger partial charge in [0.2, 0.25) is 0 Å². The van der Waals surface area contributed by atoms with Crippen molar-refractivity contribution in [1.29, 1.82) is 0 Å². The number of anilines is 1. The van der Waals surface area contributed by atoms with Crippen LogP contribution >= 0.6 is 15.9 Å². The van der Waals surface area contributed by atoms with Crippen LogP contribution in [-0.4, -0.2) is 18.0 Å². The maximum atomic E-state index is 12.5. The van der Waals surface area contributed by atoms with Crippen molar-refractivity contribution < 1.29 is 9.53 Å². The van der Waals surface area contributed by atoms with Crippen LogP contribution in [-0.2, 0) is 17.6 Å². The summed E-state index contributed by atoms with van der Waals surface area (Å²) in [4.78, 5) is 16.0. The van der Waals surface area contributed by atoms with E-state index >= 15 is 0 Å². The molecule has 4 rings (SSSR count). The van der Waals surface area contributed by atoms with E-state index in [1.807, 2.05) is 25.1 Å². The predicted octanol–water partition coefficient (Wildman–Crippen LogP) is 4.47. The molecule has 1 aliphatic heterocycles. The minimum Gasteiger partial charge on any atom is -0.494 e. The Morgan fingerprint density at radius 2 is 2.04 bits per heavy atom. The third kappa shape index (κ3) is 2.30. The maximum absolute atomic E-state index is 12.5. The van der Waals surface area contributed by atoms with Crippen molar-refractivity contribution in [1.82, 2.24) is 4.98 Å². The Kier molecular flexibility index (Phi) is 3.76. The molecule has 1 aromatic heterocycles. The standard InChI is InChI=1S/C19H19BrN2O2/c1-10-13(20)7-8-15-17(10)12(19(23)22-15)9-16-18(24-2)11-5-3-4-6-14(11)21-16/h7-9,21H,3-6H2,1-2H3,(H,22,23). The Bertz CT molecular complexity index is 880. The summed E-state index contributed by atoms with van der Waals surface area (Å²) in [6.07, 6.45) is 6.39. The van der Waals surface area contributed by atoms with E-state index in [0.29, 0.717) is 5.57 Å². The summed E-state index contributed by atoms with van der Waals surface area (Å²) in [5, 5.41) is 2.95. The third-order valence-corrected chi connectivity index (χ3v) is 5.79. The first-order valence-electron chi connectivity index (χ1n) is 8.20. The second kappa shape index (κ2) is 5.81. The molecule has 0 saturated heterocycles. The van der Waals surface area contributed by atoms with Crippen molar-refractivity contribution in [3.8, 4) is 5.75 Å². The fraction of sp³-hybridized carbons (Fsp3) is 0.316. The van der Waals surface area contributed by atoms with Gasteiger partial charge in [-0.3, -0.25) is 4.79 Å². The molecule has 0 bridgehead atoms. The van der Waals surface area contributed by atoms with Crippen molar-refractivity contribution >= 4 is 39.2 Å². The van der Waals surface area contributed by atoms with Crippen LogP contribution in [0, 0.1) is 6.92 Å². The zero-order chi connectivity index (χ0) is 16.8. The van der Waals surface area contributed by atoms with Gasteiger partial charge in [0.1, 0.15) is 5.75 Å². The first kappa shape index (κ1) is 15.5. The highest BCUT2D eigenvalue weighted by Crippen LogP contribution is 2.40. The van der Waals surface area contributed by atoms with Crippen LogP contribution in [0.5, 0.6) is 5.75 Å². The van der Waals surface area contributed by atoms with Crippen LogP contribution in [0.25, 0.3) is 11.6 Å². The van der Waals surface area contributed by atoms with E-state index < -0.39 is 0 Å². The Morgan fingerprint density at radius 3 is 2.83 bits per heavy atom. The number of ether oxygens (including phenoxy) is 1. The summed E-state index contributed by atoms with van der Waals surface area (Å²) < 4.78 is 6.66. The summed E-state index contributed by atoms with van der Waals surface area (Å²) in [5.74, 6) is 0.812. The zero-order valence-corrected chi connectivity index (χ0v) is 15.3. The lowest BCUT2D eigenvalue weighted by atomic mass is 9.97. The zero-order valence-electron chi connectivity index (χ0n) is 13.8. The number of carbonyl (C=O) groups is 1. The number of hydrogen-bond donors (Lipinski definition) is 2. The Labute approximate surface area is 149 Å². The van der Waals surface area contributed by atoms with Gasteiger partial charge in [-0.1, -0.05) is 15.9 Å². The number of aromatic nitrogens is 1. The number of carbonyl (C=O) groups excluding carboxylic acids is 1. The lowest BCUT2D eigenvalue weighted by Gasteiger charge is -2.11. The second-order valence-electron chi connectivity index (χ2n) is 6.34. The van der Waals surface area contributed by atoms with Crippen LogP contribution in [0.4, 0.5) is 5.69 Å². The van der Waals surface area contributed by atoms with Gasteiger partial charge in [0, 0.05) is 27.0 Å². The summed E-state index contributed by atoms with van der Waals surface area (Å²) in [6.45, 7) is 2.02. The van der Waals surface area contributed by atoms with E-state index in [-0.39, 0.29) is 5.91 Å². The SMILES string of the molecule is COc1c(C=C2C(=O)Nc3ccc(Br)c(C)c32)[nH]c2c1CCCC2. The first-order chi connectivity index (χ1) is 11.6. The number of nitrogens with one attached hydrogen (secondary N) is 2. The molecule has 1 aromatic carbocycles. The van der Waals surface area contributed by atoms with Crippen LogP contribution in [0.15, 0.2) is 16.6 Å². The molecular formula is C19H19BrN2O2. The largest absolute Gasteiger partial charge is 0.494 e. The van der Waals surface area contributed by atoms with Crippen molar-refractivity contribution in [2.75, 3.05) is 12.4 Å². The normalized spacial score (nSPS) is 17.6. The molecule has 4 nitrogen and oxygen atoms in total. The summed E-state index contributed by atoms with van der Waals surface area (Å²) in [5.41, 5.74) is 6.97. The molecule has 0 fully saturated rings.